The number of halogens is 3. The maximum absolute atomic E-state index is 12.7. The summed E-state index contributed by atoms with van der Waals surface area (Å²) in [5, 5.41) is 10.5. The lowest BCUT2D eigenvalue weighted by Gasteiger charge is -2.25. The van der Waals surface area contributed by atoms with Crippen LogP contribution in [-0.4, -0.2) is 42.6 Å². The monoisotopic (exact) mass is 321 g/mol. The molecule has 0 bridgehead atoms. The highest BCUT2D eigenvalue weighted by Gasteiger charge is 2.49. The Kier molecular flexibility index (Phi) is 6.17. The normalized spacial score (nSPS) is 14.0. The van der Waals surface area contributed by atoms with Gasteiger partial charge in [-0.2, -0.15) is 13.2 Å². The van der Waals surface area contributed by atoms with E-state index in [0.717, 1.165) is 0 Å². The van der Waals surface area contributed by atoms with Crippen molar-refractivity contribution in [3.8, 4) is 0 Å². The Labute approximate surface area is 123 Å². The molecule has 0 aliphatic rings. The molecule has 9 heteroatoms. The number of carbonyl (C=O) groups excluding carboxylic acids is 1. The summed E-state index contributed by atoms with van der Waals surface area (Å²) in [5.74, 6) is -1.89. The molecule has 2 unspecified atom stereocenters. The van der Waals surface area contributed by atoms with E-state index in [0.29, 0.717) is 12.7 Å². The summed E-state index contributed by atoms with van der Waals surface area (Å²) >= 11 is 0. The standard InChI is InChI=1S/C13H14F3NO5/c1-21-10(13(14,15)16)9(11(18)19)17-12(20)22-7-8-5-3-2-4-6-8/h2-6,9-10H,7H2,1H3,(H,17,20)(H,18,19). The first-order chi connectivity index (χ1) is 10.3. The molecule has 2 N–H and O–H groups in total. The molecule has 0 aliphatic heterocycles. The van der Waals surface area contributed by atoms with Gasteiger partial charge in [0.25, 0.3) is 0 Å². The van der Waals surface area contributed by atoms with Crippen molar-refractivity contribution in [2.24, 2.45) is 0 Å². The minimum atomic E-state index is -4.95. The van der Waals surface area contributed by atoms with Gasteiger partial charge in [0, 0.05) is 7.11 Å². The van der Waals surface area contributed by atoms with Gasteiger partial charge in [-0.25, -0.2) is 9.59 Å². The van der Waals surface area contributed by atoms with E-state index in [2.05, 4.69) is 9.47 Å². The third-order valence-electron chi connectivity index (χ3n) is 2.63. The number of nitrogens with one attached hydrogen (secondary N) is 1. The minimum Gasteiger partial charge on any atom is -0.480 e. The Morgan fingerprint density at radius 3 is 2.32 bits per heavy atom. The van der Waals surface area contributed by atoms with E-state index >= 15 is 0 Å². The lowest BCUT2D eigenvalue weighted by atomic mass is 10.1. The van der Waals surface area contributed by atoms with Crippen LogP contribution in [0.4, 0.5) is 18.0 Å². The highest BCUT2D eigenvalue weighted by atomic mass is 19.4. The second-order valence-corrected chi connectivity index (χ2v) is 4.22. The van der Waals surface area contributed by atoms with Crippen molar-refractivity contribution in [3.63, 3.8) is 0 Å². The van der Waals surface area contributed by atoms with Gasteiger partial charge in [0.15, 0.2) is 12.1 Å². The van der Waals surface area contributed by atoms with Crippen LogP contribution < -0.4 is 5.32 Å². The number of carbonyl (C=O) groups is 2. The van der Waals surface area contributed by atoms with Gasteiger partial charge in [0.2, 0.25) is 0 Å². The van der Waals surface area contributed by atoms with E-state index in [1.807, 2.05) is 0 Å². The predicted molar refractivity (Wildman–Crippen MR) is 68.0 cm³/mol. The summed E-state index contributed by atoms with van der Waals surface area (Å²) in [6.07, 6.45) is -8.93. The van der Waals surface area contributed by atoms with Crippen LogP contribution in [-0.2, 0) is 20.9 Å². The van der Waals surface area contributed by atoms with Crippen LogP contribution in [0.5, 0.6) is 0 Å². The second-order valence-electron chi connectivity index (χ2n) is 4.22. The van der Waals surface area contributed by atoms with E-state index < -0.39 is 30.4 Å². The maximum atomic E-state index is 12.7. The molecule has 0 saturated heterocycles. The summed E-state index contributed by atoms with van der Waals surface area (Å²) in [7, 11) is 0.699. The van der Waals surface area contributed by atoms with Crippen LogP contribution in [0.25, 0.3) is 0 Å². The molecule has 0 fully saturated rings. The number of rotatable bonds is 6. The fraction of sp³-hybridized carbons (Fsp3) is 0.385. The average molecular weight is 321 g/mol. The van der Waals surface area contributed by atoms with Gasteiger partial charge in [0.1, 0.15) is 6.61 Å². The van der Waals surface area contributed by atoms with Gasteiger partial charge < -0.3 is 19.9 Å². The smallest absolute Gasteiger partial charge is 0.417 e. The summed E-state index contributed by atoms with van der Waals surface area (Å²) in [4.78, 5) is 22.4. The van der Waals surface area contributed by atoms with Gasteiger partial charge in [-0.05, 0) is 5.56 Å². The zero-order valence-electron chi connectivity index (χ0n) is 11.5. The molecule has 1 aromatic rings. The van der Waals surface area contributed by atoms with Crippen molar-refractivity contribution < 1.29 is 37.3 Å². The van der Waals surface area contributed by atoms with Crippen LogP contribution in [0.2, 0.25) is 0 Å². The lowest BCUT2D eigenvalue weighted by molar-refractivity contribution is -0.223. The number of ether oxygens (including phenoxy) is 2. The van der Waals surface area contributed by atoms with Crippen molar-refractivity contribution in [3.05, 3.63) is 35.9 Å². The van der Waals surface area contributed by atoms with Crippen molar-refractivity contribution in [2.45, 2.75) is 24.9 Å². The first kappa shape index (κ1) is 17.8. The molecule has 22 heavy (non-hydrogen) atoms. The Hall–Kier alpha value is -2.29. The number of hydrogen-bond acceptors (Lipinski definition) is 4. The van der Waals surface area contributed by atoms with Gasteiger partial charge >= 0.3 is 18.2 Å². The van der Waals surface area contributed by atoms with Crippen molar-refractivity contribution in [2.75, 3.05) is 7.11 Å². The van der Waals surface area contributed by atoms with E-state index in [-0.39, 0.29) is 6.61 Å². The van der Waals surface area contributed by atoms with Crippen molar-refractivity contribution >= 4 is 12.1 Å². The van der Waals surface area contributed by atoms with Gasteiger partial charge in [-0.3, -0.25) is 0 Å². The van der Waals surface area contributed by atoms with E-state index in [1.165, 1.54) is 0 Å². The quantitative estimate of drug-likeness (QED) is 0.836. The van der Waals surface area contributed by atoms with Crippen LogP contribution in [0, 0.1) is 0 Å². The molecular formula is C13H14F3NO5. The molecule has 6 nitrogen and oxygen atoms in total. The predicted octanol–water partition coefficient (Wildman–Crippen LogP) is 1.94. The Morgan fingerprint density at radius 1 is 1.27 bits per heavy atom. The zero-order valence-corrected chi connectivity index (χ0v) is 11.5. The highest BCUT2D eigenvalue weighted by Crippen LogP contribution is 2.25. The number of hydrogen-bond donors (Lipinski definition) is 2. The molecule has 1 rings (SSSR count). The number of benzene rings is 1. The zero-order chi connectivity index (χ0) is 16.8. The Balaban J connectivity index is 2.66. The van der Waals surface area contributed by atoms with Crippen LogP contribution in [0.15, 0.2) is 30.3 Å². The maximum Gasteiger partial charge on any atom is 0.417 e. The second kappa shape index (κ2) is 7.64. The minimum absolute atomic E-state index is 0.206. The summed E-state index contributed by atoms with van der Waals surface area (Å²) in [6, 6.07) is 6.05. The van der Waals surface area contributed by atoms with Crippen LogP contribution in [0.3, 0.4) is 0 Å². The molecular weight excluding hydrogens is 307 g/mol. The first-order valence-electron chi connectivity index (χ1n) is 6.05. The third-order valence-corrected chi connectivity index (χ3v) is 2.63. The number of carboxylic acids is 1. The number of carboxylic acid groups (broad SMARTS) is 1. The molecule has 0 spiro atoms. The van der Waals surface area contributed by atoms with Crippen LogP contribution in [0.1, 0.15) is 5.56 Å². The summed E-state index contributed by atoms with van der Waals surface area (Å²) in [5.41, 5.74) is 0.601. The Morgan fingerprint density at radius 2 is 1.86 bits per heavy atom. The number of methoxy groups -OCH3 is 1. The molecule has 1 amide bonds. The van der Waals surface area contributed by atoms with Gasteiger partial charge in [-0.1, -0.05) is 30.3 Å². The molecule has 2 atom stereocenters. The SMILES string of the molecule is COC(C(NC(=O)OCc1ccccc1)C(=O)O)C(F)(F)F. The summed E-state index contributed by atoms with van der Waals surface area (Å²) < 4.78 is 46.8. The molecule has 122 valence electrons. The van der Waals surface area contributed by atoms with Crippen LogP contribution >= 0.6 is 0 Å². The van der Waals surface area contributed by atoms with E-state index in [9.17, 15) is 22.8 Å². The molecule has 0 saturated carbocycles. The average Bonchev–Trinajstić information content (AvgIpc) is 2.44. The summed E-state index contributed by atoms with van der Waals surface area (Å²) in [6.45, 7) is -0.206. The van der Waals surface area contributed by atoms with E-state index in [4.69, 9.17) is 5.11 Å². The van der Waals surface area contributed by atoms with Crippen molar-refractivity contribution in [1.29, 1.82) is 0 Å². The highest BCUT2D eigenvalue weighted by molar-refractivity contribution is 5.80. The molecule has 0 aromatic heterocycles. The third kappa shape index (κ3) is 5.24. The lowest BCUT2D eigenvalue weighted by Crippen LogP contribution is -2.55. The van der Waals surface area contributed by atoms with Crippen molar-refractivity contribution in [1.82, 2.24) is 5.32 Å². The molecule has 1 aromatic carbocycles. The Bertz CT molecular complexity index is 506. The molecule has 0 heterocycles. The fourth-order valence-electron chi connectivity index (χ4n) is 1.62. The first-order valence-corrected chi connectivity index (χ1v) is 6.05. The number of amides is 1. The fourth-order valence-corrected chi connectivity index (χ4v) is 1.62. The topological polar surface area (TPSA) is 84.9 Å². The number of aliphatic carboxylic acids is 1. The largest absolute Gasteiger partial charge is 0.480 e. The molecule has 0 aliphatic carbocycles. The van der Waals surface area contributed by atoms with Gasteiger partial charge in [-0.15, -0.1) is 0 Å². The number of alkyl halides is 3. The van der Waals surface area contributed by atoms with E-state index in [1.54, 1.807) is 35.6 Å². The van der Waals surface area contributed by atoms with Gasteiger partial charge in [0.05, 0.1) is 0 Å². The molecule has 0 radical (unpaired) electrons. The number of alkyl carbamates (subject to hydrolysis) is 1.